The minimum Gasteiger partial charge on any atom is -0.455 e. The maximum atomic E-state index is 6.32. The fraction of sp³-hybridized carbons (Fsp3) is 0. The van der Waals surface area contributed by atoms with Crippen molar-refractivity contribution in [3.8, 4) is 5.75 Å². The number of allylic oxidation sites excluding steroid dienone is 2. The normalized spacial score (nSPS) is 13.2. The van der Waals surface area contributed by atoms with Gasteiger partial charge in [0.15, 0.2) is 0 Å². The van der Waals surface area contributed by atoms with E-state index in [0.717, 1.165) is 33.8 Å². The molecule has 0 aromatic heterocycles. The SMILES string of the molecule is Clc1ccc(C2=C(c3ccccc3)C=Cc3ccccc3O2)cc1. The summed E-state index contributed by atoms with van der Waals surface area (Å²) in [4.78, 5) is 0. The minimum atomic E-state index is 0.713. The van der Waals surface area contributed by atoms with Gasteiger partial charge >= 0.3 is 0 Å². The average Bonchev–Trinajstić information content (AvgIpc) is 2.83. The molecule has 0 bridgehead atoms. The van der Waals surface area contributed by atoms with Crippen LogP contribution in [0.3, 0.4) is 0 Å². The summed E-state index contributed by atoms with van der Waals surface area (Å²) >= 11 is 6.05. The van der Waals surface area contributed by atoms with Crippen molar-refractivity contribution in [2.45, 2.75) is 0 Å². The first-order valence-corrected chi connectivity index (χ1v) is 8.20. The van der Waals surface area contributed by atoms with E-state index in [0.29, 0.717) is 5.02 Å². The first-order valence-electron chi connectivity index (χ1n) is 7.82. The third-order valence-corrected chi connectivity index (χ3v) is 4.25. The fourth-order valence-electron chi connectivity index (χ4n) is 2.79. The molecule has 2 heteroatoms. The zero-order valence-electron chi connectivity index (χ0n) is 12.9. The van der Waals surface area contributed by atoms with Crippen LogP contribution in [0.2, 0.25) is 5.02 Å². The zero-order valence-corrected chi connectivity index (χ0v) is 13.7. The van der Waals surface area contributed by atoms with Crippen molar-refractivity contribution in [2.24, 2.45) is 0 Å². The Balaban J connectivity index is 1.92. The van der Waals surface area contributed by atoms with Crippen molar-refractivity contribution in [3.05, 3.63) is 107 Å². The highest BCUT2D eigenvalue weighted by Crippen LogP contribution is 2.36. The quantitative estimate of drug-likeness (QED) is 0.534. The van der Waals surface area contributed by atoms with Crippen molar-refractivity contribution in [1.29, 1.82) is 0 Å². The van der Waals surface area contributed by atoms with Gasteiger partial charge in [0.05, 0.1) is 0 Å². The molecule has 0 spiro atoms. The van der Waals surface area contributed by atoms with E-state index in [1.165, 1.54) is 0 Å². The molecule has 0 N–H and O–H groups in total. The number of rotatable bonds is 2. The number of para-hydroxylation sites is 1. The molecule has 1 aliphatic rings. The standard InChI is InChI=1S/C22H15ClO/c23-19-13-10-18(11-14-19)22-20(16-6-2-1-3-7-16)15-12-17-8-4-5-9-21(17)24-22/h1-15H. The first-order chi connectivity index (χ1) is 11.8. The molecule has 1 heterocycles. The van der Waals surface area contributed by atoms with Crippen LogP contribution in [0, 0.1) is 0 Å². The number of ether oxygens (including phenoxy) is 1. The Bertz CT molecular complexity index is 922. The smallest absolute Gasteiger partial charge is 0.142 e. The number of fused-ring (bicyclic) bond motifs is 1. The van der Waals surface area contributed by atoms with E-state index in [9.17, 15) is 0 Å². The van der Waals surface area contributed by atoms with Gasteiger partial charge in [-0.25, -0.2) is 0 Å². The average molecular weight is 331 g/mol. The van der Waals surface area contributed by atoms with Crippen molar-refractivity contribution in [1.82, 2.24) is 0 Å². The predicted octanol–water partition coefficient (Wildman–Crippen LogP) is 6.31. The van der Waals surface area contributed by atoms with Crippen molar-refractivity contribution in [3.63, 3.8) is 0 Å². The topological polar surface area (TPSA) is 9.23 Å². The highest BCUT2D eigenvalue weighted by molar-refractivity contribution is 6.30. The van der Waals surface area contributed by atoms with Gasteiger partial charge in [-0.05, 0) is 42.0 Å². The van der Waals surface area contributed by atoms with Gasteiger partial charge in [-0.1, -0.05) is 66.2 Å². The predicted molar refractivity (Wildman–Crippen MR) is 101 cm³/mol. The van der Waals surface area contributed by atoms with Crippen LogP contribution in [0.4, 0.5) is 0 Å². The van der Waals surface area contributed by atoms with Crippen LogP contribution in [0.1, 0.15) is 16.7 Å². The maximum Gasteiger partial charge on any atom is 0.142 e. The molecular formula is C22H15ClO. The molecule has 4 rings (SSSR count). The van der Waals surface area contributed by atoms with E-state index in [1.54, 1.807) is 0 Å². The van der Waals surface area contributed by atoms with E-state index in [-0.39, 0.29) is 0 Å². The van der Waals surface area contributed by atoms with Crippen LogP contribution < -0.4 is 4.74 Å². The van der Waals surface area contributed by atoms with E-state index in [4.69, 9.17) is 16.3 Å². The summed E-state index contributed by atoms with van der Waals surface area (Å²) in [6, 6.07) is 26.1. The number of halogens is 1. The molecule has 0 saturated heterocycles. The molecule has 0 saturated carbocycles. The van der Waals surface area contributed by atoms with Crippen LogP contribution in [0.5, 0.6) is 5.75 Å². The van der Waals surface area contributed by atoms with Crippen LogP contribution in [0.15, 0.2) is 84.9 Å². The van der Waals surface area contributed by atoms with Gasteiger partial charge in [0.2, 0.25) is 0 Å². The summed E-state index contributed by atoms with van der Waals surface area (Å²) in [5.74, 6) is 1.68. The van der Waals surface area contributed by atoms with Gasteiger partial charge in [-0.15, -0.1) is 0 Å². The number of hydrogen-bond acceptors (Lipinski definition) is 1. The number of benzene rings is 3. The first kappa shape index (κ1) is 14.8. The monoisotopic (exact) mass is 330 g/mol. The molecule has 1 nitrogen and oxygen atoms in total. The molecule has 116 valence electrons. The summed E-state index contributed by atoms with van der Waals surface area (Å²) in [5, 5.41) is 0.713. The highest BCUT2D eigenvalue weighted by atomic mass is 35.5. The summed E-state index contributed by atoms with van der Waals surface area (Å²) in [5.41, 5.74) is 4.23. The molecule has 0 unspecified atom stereocenters. The molecule has 0 atom stereocenters. The third kappa shape index (κ3) is 2.86. The lowest BCUT2D eigenvalue weighted by atomic mass is 10.0. The molecule has 0 aliphatic carbocycles. The van der Waals surface area contributed by atoms with Crippen LogP contribution in [-0.4, -0.2) is 0 Å². The molecule has 0 amide bonds. The highest BCUT2D eigenvalue weighted by Gasteiger charge is 2.16. The van der Waals surface area contributed by atoms with Gasteiger partial charge in [0, 0.05) is 21.7 Å². The van der Waals surface area contributed by atoms with Gasteiger partial charge in [-0.3, -0.25) is 0 Å². The van der Waals surface area contributed by atoms with Crippen molar-refractivity contribution >= 4 is 29.0 Å². The Hall–Kier alpha value is -2.77. The summed E-state index contributed by atoms with van der Waals surface area (Å²) in [6.45, 7) is 0. The summed E-state index contributed by atoms with van der Waals surface area (Å²) in [6.07, 6.45) is 4.21. The van der Waals surface area contributed by atoms with Crippen LogP contribution in [-0.2, 0) is 0 Å². The number of hydrogen-bond donors (Lipinski definition) is 0. The van der Waals surface area contributed by atoms with Gasteiger partial charge in [0.1, 0.15) is 11.5 Å². The van der Waals surface area contributed by atoms with E-state index >= 15 is 0 Å². The lowest BCUT2D eigenvalue weighted by Gasteiger charge is -2.14. The Kier molecular flexibility index (Phi) is 3.94. The minimum absolute atomic E-state index is 0.713. The van der Waals surface area contributed by atoms with Gasteiger partial charge < -0.3 is 4.74 Å². The second-order valence-corrected chi connectivity index (χ2v) is 6.03. The molecule has 1 aliphatic heterocycles. The molecule has 0 radical (unpaired) electrons. The summed E-state index contributed by atoms with van der Waals surface area (Å²) in [7, 11) is 0. The summed E-state index contributed by atoms with van der Waals surface area (Å²) < 4.78 is 6.32. The molecule has 3 aromatic rings. The zero-order chi connectivity index (χ0) is 16.4. The largest absolute Gasteiger partial charge is 0.455 e. The lowest BCUT2D eigenvalue weighted by molar-refractivity contribution is 0.516. The molecule has 3 aromatic carbocycles. The van der Waals surface area contributed by atoms with E-state index in [1.807, 2.05) is 60.7 Å². The van der Waals surface area contributed by atoms with Crippen molar-refractivity contribution in [2.75, 3.05) is 0 Å². The van der Waals surface area contributed by atoms with Crippen LogP contribution >= 0.6 is 11.6 Å². The Labute approximate surface area is 146 Å². The Morgan fingerprint density at radius 2 is 1.33 bits per heavy atom. The molecule has 24 heavy (non-hydrogen) atoms. The second-order valence-electron chi connectivity index (χ2n) is 5.59. The van der Waals surface area contributed by atoms with Gasteiger partial charge in [0.25, 0.3) is 0 Å². The second kappa shape index (κ2) is 6.38. The maximum absolute atomic E-state index is 6.32. The van der Waals surface area contributed by atoms with Crippen molar-refractivity contribution < 1.29 is 4.74 Å². The van der Waals surface area contributed by atoms with Gasteiger partial charge in [-0.2, -0.15) is 0 Å². The fourth-order valence-corrected chi connectivity index (χ4v) is 2.91. The lowest BCUT2D eigenvalue weighted by Crippen LogP contribution is -1.98. The molecular weight excluding hydrogens is 316 g/mol. The third-order valence-electron chi connectivity index (χ3n) is 4.00. The van der Waals surface area contributed by atoms with E-state index < -0.39 is 0 Å². The van der Waals surface area contributed by atoms with Crippen LogP contribution in [0.25, 0.3) is 17.4 Å². The van der Waals surface area contributed by atoms with E-state index in [2.05, 4.69) is 30.4 Å². The Morgan fingerprint density at radius 1 is 0.625 bits per heavy atom. The molecule has 0 fully saturated rings. The Morgan fingerprint density at radius 3 is 2.12 bits per heavy atom.